The molecule has 0 N–H and O–H groups in total. The smallest absolute Gasteiger partial charge is 0.251 e. The number of nitrogens with zero attached hydrogens (tertiary/aromatic N) is 3. The van der Waals surface area contributed by atoms with Gasteiger partial charge in [-0.3, -0.25) is 14.5 Å². The van der Waals surface area contributed by atoms with E-state index < -0.39 is 0 Å². The van der Waals surface area contributed by atoms with Crippen LogP contribution in [0, 0.1) is 0 Å². The number of rotatable bonds is 4. The van der Waals surface area contributed by atoms with Gasteiger partial charge in [0.25, 0.3) is 5.91 Å². The van der Waals surface area contributed by atoms with E-state index in [1.54, 1.807) is 19.2 Å². The number of hydrogen-bond donors (Lipinski definition) is 0. The van der Waals surface area contributed by atoms with E-state index in [9.17, 15) is 9.59 Å². The van der Waals surface area contributed by atoms with Crippen molar-refractivity contribution >= 4 is 23.2 Å². The van der Waals surface area contributed by atoms with E-state index >= 15 is 0 Å². The second-order valence-corrected chi connectivity index (χ2v) is 6.82. The summed E-state index contributed by atoms with van der Waals surface area (Å²) in [7, 11) is 1.68. The van der Waals surface area contributed by atoms with Crippen LogP contribution in [0.2, 0.25) is 0 Å². The lowest BCUT2D eigenvalue weighted by Crippen LogP contribution is -2.52. The van der Waals surface area contributed by atoms with Gasteiger partial charge in [0.1, 0.15) is 5.75 Å². The number of methoxy groups -OCH3 is 1. The fraction of sp³-hybridized carbons (Fsp3) is 0.333. The average molecular weight is 365 g/mol. The Labute approximate surface area is 158 Å². The summed E-state index contributed by atoms with van der Waals surface area (Å²) in [5.41, 5.74) is 1.72. The Morgan fingerprint density at radius 2 is 1.56 bits per heavy atom. The Morgan fingerprint density at radius 1 is 0.889 bits per heavy atom. The highest BCUT2D eigenvalue weighted by atomic mass is 16.5. The standard InChI is InChI=1S/C21H23N3O3/c1-27-19-10-6-5-9-17(19)22-11-13-23(14-12-22)18-15-20(25)24(21(18)26)16-7-3-2-4-8-16/h2-10,18H,11-15H2,1H3/t18-/m1/s1. The lowest BCUT2D eigenvalue weighted by Gasteiger charge is -2.38. The van der Waals surface area contributed by atoms with Crippen LogP contribution in [-0.2, 0) is 9.59 Å². The zero-order chi connectivity index (χ0) is 18.8. The minimum atomic E-state index is -0.363. The van der Waals surface area contributed by atoms with Gasteiger partial charge in [-0.05, 0) is 24.3 Å². The minimum Gasteiger partial charge on any atom is -0.495 e. The van der Waals surface area contributed by atoms with Crippen molar-refractivity contribution < 1.29 is 14.3 Å². The SMILES string of the molecule is COc1ccccc1N1CCN([C@@H]2CC(=O)N(c3ccccc3)C2=O)CC1. The van der Waals surface area contributed by atoms with E-state index in [1.807, 2.05) is 36.4 Å². The van der Waals surface area contributed by atoms with Gasteiger partial charge in [0.05, 0.1) is 30.9 Å². The zero-order valence-corrected chi connectivity index (χ0v) is 15.4. The van der Waals surface area contributed by atoms with Gasteiger partial charge in [-0.15, -0.1) is 0 Å². The lowest BCUT2D eigenvalue weighted by atomic mass is 10.1. The predicted molar refractivity (Wildman–Crippen MR) is 104 cm³/mol. The summed E-state index contributed by atoms with van der Waals surface area (Å²) >= 11 is 0. The van der Waals surface area contributed by atoms with Crippen LogP contribution in [0.5, 0.6) is 5.75 Å². The lowest BCUT2D eigenvalue weighted by molar-refractivity contribution is -0.123. The van der Waals surface area contributed by atoms with Crippen molar-refractivity contribution in [2.75, 3.05) is 43.1 Å². The van der Waals surface area contributed by atoms with Gasteiger partial charge in [0, 0.05) is 26.2 Å². The first-order valence-electron chi connectivity index (χ1n) is 9.23. The summed E-state index contributed by atoms with van der Waals surface area (Å²) < 4.78 is 5.46. The molecule has 6 heteroatoms. The topological polar surface area (TPSA) is 53.1 Å². The van der Waals surface area contributed by atoms with Crippen molar-refractivity contribution in [2.45, 2.75) is 12.5 Å². The molecule has 2 aliphatic heterocycles. The van der Waals surface area contributed by atoms with Crippen molar-refractivity contribution in [1.82, 2.24) is 4.90 Å². The first-order valence-corrected chi connectivity index (χ1v) is 9.23. The van der Waals surface area contributed by atoms with Crippen molar-refractivity contribution in [1.29, 1.82) is 0 Å². The van der Waals surface area contributed by atoms with Crippen LogP contribution in [0.15, 0.2) is 54.6 Å². The van der Waals surface area contributed by atoms with E-state index in [0.29, 0.717) is 5.69 Å². The van der Waals surface area contributed by atoms with Gasteiger partial charge in [-0.2, -0.15) is 0 Å². The Bertz CT molecular complexity index is 832. The summed E-state index contributed by atoms with van der Waals surface area (Å²) in [6.45, 7) is 3.07. The summed E-state index contributed by atoms with van der Waals surface area (Å²) in [6, 6.07) is 16.8. The number of anilines is 2. The molecule has 0 saturated carbocycles. The van der Waals surface area contributed by atoms with Crippen molar-refractivity contribution in [2.24, 2.45) is 0 Å². The molecule has 2 aromatic rings. The maximum atomic E-state index is 12.9. The first-order chi connectivity index (χ1) is 13.2. The highest BCUT2D eigenvalue weighted by Gasteiger charge is 2.43. The Balaban J connectivity index is 1.44. The van der Waals surface area contributed by atoms with Crippen molar-refractivity contribution in [3.8, 4) is 5.75 Å². The first kappa shape index (κ1) is 17.5. The summed E-state index contributed by atoms with van der Waals surface area (Å²) in [4.78, 5) is 31.1. The molecule has 4 rings (SSSR count). The number of hydrogen-bond acceptors (Lipinski definition) is 5. The van der Waals surface area contributed by atoms with Gasteiger partial charge < -0.3 is 9.64 Å². The number of amides is 2. The van der Waals surface area contributed by atoms with E-state index in [4.69, 9.17) is 4.74 Å². The van der Waals surface area contributed by atoms with Gasteiger partial charge in [0.15, 0.2) is 0 Å². The fourth-order valence-corrected chi connectivity index (χ4v) is 3.92. The fourth-order valence-electron chi connectivity index (χ4n) is 3.92. The zero-order valence-electron chi connectivity index (χ0n) is 15.4. The summed E-state index contributed by atoms with van der Waals surface area (Å²) in [5.74, 6) is 0.619. The number of imide groups is 1. The molecule has 0 bridgehead atoms. The maximum absolute atomic E-state index is 12.9. The molecule has 2 aliphatic rings. The summed E-state index contributed by atoms with van der Waals surface area (Å²) in [5, 5.41) is 0. The van der Waals surface area contributed by atoms with Gasteiger partial charge >= 0.3 is 0 Å². The normalized spacial score (nSPS) is 21.0. The maximum Gasteiger partial charge on any atom is 0.251 e. The Kier molecular flexibility index (Phi) is 4.81. The van der Waals surface area contributed by atoms with Crippen LogP contribution < -0.4 is 14.5 Å². The van der Waals surface area contributed by atoms with Crippen LogP contribution in [0.4, 0.5) is 11.4 Å². The molecule has 2 heterocycles. The second-order valence-electron chi connectivity index (χ2n) is 6.82. The molecule has 140 valence electrons. The largest absolute Gasteiger partial charge is 0.495 e. The van der Waals surface area contributed by atoms with Crippen LogP contribution in [0.25, 0.3) is 0 Å². The third-order valence-electron chi connectivity index (χ3n) is 5.32. The number of carbonyl (C=O) groups is 2. The highest BCUT2D eigenvalue weighted by Crippen LogP contribution is 2.30. The second kappa shape index (κ2) is 7.40. The molecule has 0 aliphatic carbocycles. The van der Waals surface area contributed by atoms with Crippen LogP contribution in [0.3, 0.4) is 0 Å². The molecule has 0 spiro atoms. The Hall–Kier alpha value is -2.86. The number of carbonyl (C=O) groups excluding carboxylic acids is 2. The third kappa shape index (κ3) is 3.28. The predicted octanol–water partition coefficient (Wildman–Crippen LogP) is 2.15. The van der Waals surface area contributed by atoms with Crippen molar-refractivity contribution in [3.63, 3.8) is 0 Å². The van der Waals surface area contributed by atoms with Crippen LogP contribution in [0.1, 0.15) is 6.42 Å². The summed E-state index contributed by atoms with van der Waals surface area (Å²) in [6.07, 6.45) is 0.252. The third-order valence-corrected chi connectivity index (χ3v) is 5.32. The number of para-hydroxylation sites is 3. The van der Waals surface area contributed by atoms with E-state index in [-0.39, 0.29) is 24.3 Å². The van der Waals surface area contributed by atoms with Crippen LogP contribution in [-0.4, -0.2) is 56.0 Å². The molecule has 2 fully saturated rings. The molecule has 0 unspecified atom stereocenters. The molecule has 1 atom stereocenters. The molecule has 2 aromatic carbocycles. The number of ether oxygens (including phenoxy) is 1. The number of benzene rings is 2. The molecule has 0 radical (unpaired) electrons. The average Bonchev–Trinajstić information content (AvgIpc) is 3.02. The molecular weight excluding hydrogens is 342 g/mol. The molecule has 2 amide bonds. The quantitative estimate of drug-likeness (QED) is 0.777. The highest BCUT2D eigenvalue weighted by molar-refractivity contribution is 6.22. The number of piperazine rings is 1. The molecule has 2 saturated heterocycles. The van der Waals surface area contributed by atoms with E-state index in [2.05, 4.69) is 15.9 Å². The van der Waals surface area contributed by atoms with E-state index in [0.717, 1.165) is 37.6 Å². The minimum absolute atomic E-state index is 0.114. The Morgan fingerprint density at radius 3 is 2.26 bits per heavy atom. The molecule has 6 nitrogen and oxygen atoms in total. The van der Waals surface area contributed by atoms with E-state index in [1.165, 1.54) is 4.90 Å². The van der Waals surface area contributed by atoms with Gasteiger partial charge in [0.2, 0.25) is 5.91 Å². The van der Waals surface area contributed by atoms with Gasteiger partial charge in [-0.1, -0.05) is 30.3 Å². The monoisotopic (exact) mass is 365 g/mol. The molecule has 27 heavy (non-hydrogen) atoms. The molecule has 0 aromatic heterocycles. The van der Waals surface area contributed by atoms with Crippen LogP contribution >= 0.6 is 0 Å². The van der Waals surface area contributed by atoms with Crippen molar-refractivity contribution in [3.05, 3.63) is 54.6 Å². The molecular formula is C21H23N3O3. The van der Waals surface area contributed by atoms with Gasteiger partial charge in [-0.25, -0.2) is 4.90 Å².